The summed E-state index contributed by atoms with van der Waals surface area (Å²) in [4.78, 5) is 28.6. The second-order valence-electron chi connectivity index (χ2n) is 11.8. The number of carbonyl (C=O) groups excluding carboxylic acids is 2. The van der Waals surface area contributed by atoms with Gasteiger partial charge in [0.25, 0.3) is 0 Å². The molecule has 0 saturated carbocycles. The van der Waals surface area contributed by atoms with E-state index in [4.69, 9.17) is 4.74 Å². The van der Waals surface area contributed by atoms with Crippen LogP contribution < -0.4 is 10.6 Å². The normalized spacial score (nSPS) is 12.2. The minimum absolute atomic E-state index is 0.155. The van der Waals surface area contributed by atoms with Crippen LogP contribution in [0.25, 0.3) is 0 Å². The number of aryl methyl sites for hydroxylation is 2. The van der Waals surface area contributed by atoms with Crippen LogP contribution in [-0.2, 0) is 28.0 Å². The maximum absolute atomic E-state index is 14.2. The molecule has 0 bridgehead atoms. The van der Waals surface area contributed by atoms with E-state index in [1.165, 1.54) is 4.80 Å². The molecular formula is C36H38N6O3. The molecule has 4 aromatic carbocycles. The van der Waals surface area contributed by atoms with Crippen LogP contribution in [0.3, 0.4) is 0 Å². The van der Waals surface area contributed by atoms with Gasteiger partial charge in [-0.25, -0.2) is 4.79 Å². The second-order valence-corrected chi connectivity index (χ2v) is 11.8. The highest BCUT2D eigenvalue weighted by molar-refractivity contribution is 5.80. The number of hydrogen-bond donors (Lipinski definition) is 2. The van der Waals surface area contributed by atoms with Crippen molar-refractivity contribution in [1.29, 1.82) is 0 Å². The van der Waals surface area contributed by atoms with Crippen LogP contribution >= 0.6 is 0 Å². The number of aromatic nitrogens is 4. The number of ether oxygens (including phenoxy) is 1. The van der Waals surface area contributed by atoms with Gasteiger partial charge in [0.2, 0.25) is 5.91 Å². The monoisotopic (exact) mass is 602 g/mol. The number of tetrazole rings is 1. The maximum Gasteiger partial charge on any atom is 0.408 e. The SMILES string of the molecule is CC(C)(C)OC(=O)NC(CC(=O)NC(c1ccccc1)(c1ccccc1)c1ccccc1)c1nnn(CCc2ccccc2)n1. The fourth-order valence-corrected chi connectivity index (χ4v) is 5.25. The number of hydrogen-bond acceptors (Lipinski definition) is 6. The van der Waals surface area contributed by atoms with Gasteiger partial charge in [-0.2, -0.15) is 4.80 Å². The topological polar surface area (TPSA) is 111 Å². The summed E-state index contributed by atoms with van der Waals surface area (Å²) in [6.07, 6.45) is -0.131. The van der Waals surface area contributed by atoms with Crippen molar-refractivity contribution in [2.75, 3.05) is 0 Å². The predicted octanol–water partition coefficient (Wildman–Crippen LogP) is 5.98. The first kappa shape index (κ1) is 31.1. The third-order valence-electron chi connectivity index (χ3n) is 7.25. The average Bonchev–Trinajstić information content (AvgIpc) is 3.52. The highest BCUT2D eigenvalue weighted by Gasteiger charge is 2.39. The first-order chi connectivity index (χ1) is 21.7. The van der Waals surface area contributed by atoms with Crippen LogP contribution in [0, 0.1) is 0 Å². The zero-order valence-corrected chi connectivity index (χ0v) is 25.8. The van der Waals surface area contributed by atoms with E-state index in [9.17, 15) is 9.59 Å². The fourth-order valence-electron chi connectivity index (χ4n) is 5.25. The van der Waals surface area contributed by atoms with Gasteiger partial charge in [0.05, 0.1) is 13.0 Å². The molecule has 2 N–H and O–H groups in total. The van der Waals surface area contributed by atoms with Crippen LogP contribution in [0.5, 0.6) is 0 Å². The number of nitrogens with one attached hydrogen (secondary N) is 2. The quantitative estimate of drug-likeness (QED) is 0.180. The van der Waals surface area contributed by atoms with E-state index in [0.29, 0.717) is 13.0 Å². The Kier molecular flexibility index (Phi) is 9.67. The molecule has 2 amide bonds. The van der Waals surface area contributed by atoms with Gasteiger partial charge in [-0.1, -0.05) is 121 Å². The molecule has 9 heteroatoms. The third-order valence-corrected chi connectivity index (χ3v) is 7.25. The summed E-state index contributed by atoms with van der Waals surface area (Å²) >= 11 is 0. The number of nitrogens with zero attached hydrogens (tertiary/aromatic N) is 4. The van der Waals surface area contributed by atoms with Crippen LogP contribution in [0.2, 0.25) is 0 Å². The van der Waals surface area contributed by atoms with E-state index in [0.717, 1.165) is 22.3 Å². The van der Waals surface area contributed by atoms with Gasteiger partial charge in [-0.15, -0.1) is 10.2 Å². The highest BCUT2D eigenvalue weighted by atomic mass is 16.6. The summed E-state index contributed by atoms with van der Waals surface area (Å²) in [5, 5.41) is 19.1. The van der Waals surface area contributed by atoms with Crippen molar-refractivity contribution < 1.29 is 14.3 Å². The molecule has 1 atom stereocenters. The lowest BCUT2D eigenvalue weighted by Crippen LogP contribution is -2.49. The lowest BCUT2D eigenvalue weighted by Gasteiger charge is -2.37. The number of carbonyl (C=O) groups is 2. The van der Waals surface area contributed by atoms with Crippen LogP contribution in [0.4, 0.5) is 4.79 Å². The van der Waals surface area contributed by atoms with E-state index in [1.54, 1.807) is 20.8 Å². The van der Waals surface area contributed by atoms with Crippen molar-refractivity contribution in [3.63, 3.8) is 0 Å². The summed E-state index contributed by atoms with van der Waals surface area (Å²) in [6, 6.07) is 38.6. The van der Waals surface area contributed by atoms with E-state index < -0.39 is 23.3 Å². The zero-order chi connectivity index (χ0) is 31.7. The first-order valence-corrected chi connectivity index (χ1v) is 15.0. The average molecular weight is 603 g/mol. The van der Waals surface area contributed by atoms with Gasteiger partial charge < -0.3 is 15.4 Å². The Hall–Kier alpha value is -5.31. The second kappa shape index (κ2) is 14.0. The Bertz CT molecular complexity index is 1570. The molecule has 230 valence electrons. The zero-order valence-electron chi connectivity index (χ0n) is 25.8. The highest BCUT2D eigenvalue weighted by Crippen LogP contribution is 2.37. The molecule has 1 unspecified atom stereocenters. The van der Waals surface area contributed by atoms with E-state index >= 15 is 0 Å². The molecule has 9 nitrogen and oxygen atoms in total. The molecule has 0 spiro atoms. The molecule has 1 aromatic heterocycles. The summed E-state index contributed by atoms with van der Waals surface area (Å²) in [5.74, 6) is -0.109. The number of alkyl carbamates (subject to hydrolysis) is 1. The van der Waals surface area contributed by atoms with Gasteiger partial charge in [-0.05, 0) is 54.7 Å². The van der Waals surface area contributed by atoms with Crippen LogP contribution in [0.1, 0.15) is 61.3 Å². The minimum Gasteiger partial charge on any atom is -0.444 e. The Labute approximate surface area is 263 Å². The molecule has 0 aliphatic rings. The molecule has 0 saturated heterocycles. The lowest BCUT2D eigenvalue weighted by atomic mass is 9.77. The van der Waals surface area contributed by atoms with E-state index in [1.807, 2.05) is 121 Å². The molecule has 45 heavy (non-hydrogen) atoms. The Morgan fingerprint density at radius 2 is 1.24 bits per heavy atom. The standard InChI is InChI=1S/C36H38N6O3/c1-35(2,3)45-34(44)37-31(33-39-41-42(40-33)25-24-27-16-8-4-9-17-27)26-32(43)38-36(28-18-10-5-11-19-28,29-20-12-6-13-21-29)30-22-14-7-15-23-30/h4-23,31H,24-26H2,1-3H3,(H,37,44)(H,38,43). The summed E-state index contributed by atoms with van der Waals surface area (Å²) in [7, 11) is 0. The van der Waals surface area contributed by atoms with Crippen molar-refractivity contribution in [3.8, 4) is 0 Å². The summed E-state index contributed by atoms with van der Waals surface area (Å²) in [5.41, 5.74) is 2.05. The van der Waals surface area contributed by atoms with Gasteiger partial charge in [-0.3, -0.25) is 4.79 Å². The summed E-state index contributed by atoms with van der Waals surface area (Å²) in [6.45, 7) is 5.82. The number of benzene rings is 4. The Morgan fingerprint density at radius 1 is 0.756 bits per heavy atom. The molecule has 5 rings (SSSR count). The van der Waals surface area contributed by atoms with Crippen molar-refractivity contribution in [2.24, 2.45) is 0 Å². The van der Waals surface area contributed by atoms with E-state index in [2.05, 4.69) is 26.0 Å². The van der Waals surface area contributed by atoms with Crippen molar-refractivity contribution >= 4 is 12.0 Å². The first-order valence-electron chi connectivity index (χ1n) is 15.0. The molecule has 0 radical (unpaired) electrons. The minimum atomic E-state index is -1.02. The van der Waals surface area contributed by atoms with Crippen molar-refractivity contribution in [2.45, 2.75) is 57.3 Å². The molecule has 5 aromatic rings. The molecule has 1 heterocycles. The molecule has 0 fully saturated rings. The van der Waals surface area contributed by atoms with Crippen molar-refractivity contribution in [3.05, 3.63) is 149 Å². The Morgan fingerprint density at radius 3 is 1.73 bits per heavy atom. The summed E-state index contributed by atoms with van der Waals surface area (Å²) < 4.78 is 5.53. The van der Waals surface area contributed by atoms with Gasteiger partial charge in [0.1, 0.15) is 17.2 Å². The lowest BCUT2D eigenvalue weighted by molar-refractivity contribution is -0.122. The number of rotatable bonds is 11. The smallest absolute Gasteiger partial charge is 0.408 e. The Balaban J connectivity index is 1.46. The molecule has 0 aliphatic carbocycles. The largest absolute Gasteiger partial charge is 0.444 e. The molecule has 0 aliphatic heterocycles. The van der Waals surface area contributed by atoms with E-state index in [-0.39, 0.29) is 18.2 Å². The van der Waals surface area contributed by atoms with Crippen molar-refractivity contribution in [1.82, 2.24) is 30.8 Å². The van der Waals surface area contributed by atoms with Gasteiger partial charge >= 0.3 is 6.09 Å². The maximum atomic E-state index is 14.2. The molecular weight excluding hydrogens is 564 g/mol. The third kappa shape index (κ3) is 8.00. The number of amides is 2. The van der Waals surface area contributed by atoms with Crippen LogP contribution in [0.15, 0.2) is 121 Å². The van der Waals surface area contributed by atoms with Gasteiger partial charge in [0.15, 0.2) is 5.82 Å². The predicted molar refractivity (Wildman–Crippen MR) is 172 cm³/mol. The fraction of sp³-hybridized carbons (Fsp3) is 0.250. The van der Waals surface area contributed by atoms with Gasteiger partial charge in [0, 0.05) is 0 Å². The van der Waals surface area contributed by atoms with Crippen LogP contribution in [-0.4, -0.2) is 37.8 Å².